The van der Waals surface area contributed by atoms with Gasteiger partial charge in [-0.2, -0.15) is 0 Å². The summed E-state index contributed by atoms with van der Waals surface area (Å²) in [4.78, 5) is 24.9. The molecule has 2 heterocycles. The van der Waals surface area contributed by atoms with E-state index in [-0.39, 0.29) is 12.3 Å². The topological polar surface area (TPSA) is 118 Å². The maximum atomic E-state index is 11.9. The van der Waals surface area contributed by atoms with Gasteiger partial charge in [-0.15, -0.1) is 11.3 Å². The van der Waals surface area contributed by atoms with Gasteiger partial charge in [0.15, 0.2) is 9.84 Å². The number of fused-ring (bicyclic) bond motifs is 5. The Labute approximate surface area is 292 Å². The Morgan fingerprint density at radius 1 is 0.878 bits per heavy atom. The molecule has 2 amide bonds. The molecule has 1 aliphatic heterocycles. The Balaban J connectivity index is 0.000000295. The molecule has 7 nitrogen and oxygen atoms in total. The van der Waals surface area contributed by atoms with Crippen LogP contribution in [0, 0.1) is 0 Å². The van der Waals surface area contributed by atoms with Crippen molar-refractivity contribution in [2.45, 2.75) is 57.1 Å². The molecule has 7 rings (SSSR count). The Kier molecular flexibility index (Phi) is 10.4. The van der Waals surface area contributed by atoms with E-state index in [1.165, 1.54) is 55.3 Å². The van der Waals surface area contributed by atoms with Crippen LogP contribution in [0.5, 0.6) is 0 Å². The summed E-state index contributed by atoms with van der Waals surface area (Å²) in [5.74, 6) is -0.842. The minimum absolute atomic E-state index is 0.150. The molecule has 9 heteroatoms. The van der Waals surface area contributed by atoms with Gasteiger partial charge in [0.2, 0.25) is 11.8 Å². The van der Waals surface area contributed by atoms with E-state index in [0.29, 0.717) is 19.4 Å². The predicted molar refractivity (Wildman–Crippen MR) is 198 cm³/mol. The number of rotatable bonds is 8. The molecule has 252 valence electrons. The fraction of sp³-hybridized carbons (Fsp3) is 0.250. The lowest BCUT2D eigenvalue weighted by Gasteiger charge is -2.26. The minimum Gasteiger partial charge on any atom is -0.370 e. The van der Waals surface area contributed by atoms with E-state index in [0.717, 1.165) is 41.7 Å². The first-order valence-electron chi connectivity index (χ1n) is 16.6. The van der Waals surface area contributed by atoms with Crippen LogP contribution in [0.25, 0.3) is 33.2 Å². The van der Waals surface area contributed by atoms with Gasteiger partial charge in [-0.25, -0.2) is 13.5 Å². The third-order valence-corrected chi connectivity index (χ3v) is 12.2. The number of benzene rings is 3. The molecular weight excluding hydrogens is 653 g/mol. The highest BCUT2D eigenvalue weighted by Crippen LogP contribution is 2.42. The number of aryl methyl sites for hydroxylation is 2. The summed E-state index contributed by atoms with van der Waals surface area (Å²) in [7, 11) is -3.29. The lowest BCUT2D eigenvalue weighted by Crippen LogP contribution is -2.27. The Bertz CT molecular complexity index is 2070. The van der Waals surface area contributed by atoms with E-state index in [2.05, 4.69) is 78.9 Å². The van der Waals surface area contributed by atoms with E-state index in [1.807, 2.05) is 11.3 Å². The molecule has 0 radical (unpaired) electrons. The van der Waals surface area contributed by atoms with E-state index in [4.69, 9.17) is 5.73 Å². The fourth-order valence-corrected chi connectivity index (χ4v) is 8.92. The molecule has 0 spiro atoms. The van der Waals surface area contributed by atoms with E-state index >= 15 is 0 Å². The van der Waals surface area contributed by atoms with Gasteiger partial charge in [-0.1, -0.05) is 85.0 Å². The Hall–Kier alpha value is -4.57. The average molecular weight is 693 g/mol. The van der Waals surface area contributed by atoms with Crippen LogP contribution in [0.15, 0.2) is 96.4 Å². The van der Waals surface area contributed by atoms with Gasteiger partial charge < -0.3 is 5.73 Å². The van der Waals surface area contributed by atoms with Crippen LogP contribution in [-0.2, 0) is 45.1 Å². The highest BCUT2D eigenvalue weighted by molar-refractivity contribution is 7.95. The SMILES string of the molecule is CCN(O)C(=O)CCc1ccc(-c2ccc(C3=Cc4ccc5c(c4CC3)CCc3ccccc3-5)s2)cc1.NC(=O)CC1C=CC=CS1(=O)=O. The molecule has 0 saturated heterocycles. The molecule has 1 atom stereocenters. The van der Waals surface area contributed by atoms with Crippen molar-refractivity contribution in [3.63, 3.8) is 0 Å². The zero-order chi connectivity index (χ0) is 34.5. The van der Waals surface area contributed by atoms with Crippen molar-refractivity contribution in [2.24, 2.45) is 5.73 Å². The van der Waals surface area contributed by atoms with E-state index < -0.39 is 21.0 Å². The number of hydroxylamine groups is 2. The van der Waals surface area contributed by atoms with Crippen molar-refractivity contribution in [2.75, 3.05) is 6.54 Å². The number of nitrogens with two attached hydrogens (primary N) is 1. The maximum Gasteiger partial charge on any atom is 0.246 e. The van der Waals surface area contributed by atoms with Crippen molar-refractivity contribution in [1.29, 1.82) is 0 Å². The van der Waals surface area contributed by atoms with Crippen LogP contribution < -0.4 is 5.73 Å². The molecule has 3 aliphatic rings. The number of allylic oxidation sites excluding steroid dienone is 3. The number of primary amides is 1. The molecule has 4 aromatic rings. The number of hydrogen-bond acceptors (Lipinski definition) is 6. The highest BCUT2D eigenvalue weighted by Gasteiger charge is 2.24. The summed E-state index contributed by atoms with van der Waals surface area (Å²) in [5, 5.41) is 10.6. The molecular formula is C40H40N2O5S2. The predicted octanol–water partition coefficient (Wildman–Crippen LogP) is 7.57. The van der Waals surface area contributed by atoms with Crippen LogP contribution in [0.3, 0.4) is 0 Å². The molecule has 1 unspecified atom stereocenters. The zero-order valence-corrected chi connectivity index (χ0v) is 29.1. The zero-order valence-electron chi connectivity index (χ0n) is 27.5. The molecule has 49 heavy (non-hydrogen) atoms. The third-order valence-electron chi connectivity index (χ3n) is 9.30. The second-order valence-corrected chi connectivity index (χ2v) is 15.6. The first-order chi connectivity index (χ1) is 23.6. The maximum absolute atomic E-state index is 11.9. The fourth-order valence-electron chi connectivity index (χ4n) is 6.65. The van der Waals surface area contributed by atoms with Crippen LogP contribution in [0.4, 0.5) is 0 Å². The molecule has 0 bridgehead atoms. The summed E-state index contributed by atoms with van der Waals surface area (Å²) in [6, 6.07) is 26.5. The van der Waals surface area contributed by atoms with Crippen molar-refractivity contribution in [3.8, 4) is 21.6 Å². The molecule has 0 fully saturated rings. The normalized spacial score (nSPS) is 16.7. The minimum atomic E-state index is -3.29. The van der Waals surface area contributed by atoms with Crippen molar-refractivity contribution >= 4 is 44.6 Å². The van der Waals surface area contributed by atoms with Crippen molar-refractivity contribution in [1.82, 2.24) is 5.06 Å². The lowest BCUT2D eigenvalue weighted by molar-refractivity contribution is -0.164. The Morgan fingerprint density at radius 2 is 1.63 bits per heavy atom. The first-order valence-corrected chi connectivity index (χ1v) is 19.0. The first kappa shape index (κ1) is 34.3. The largest absolute Gasteiger partial charge is 0.370 e. The number of thiophene rings is 1. The van der Waals surface area contributed by atoms with E-state index in [1.54, 1.807) is 24.1 Å². The molecule has 2 aliphatic carbocycles. The third kappa shape index (κ3) is 7.85. The number of hydrogen-bond donors (Lipinski definition) is 2. The highest BCUT2D eigenvalue weighted by atomic mass is 32.2. The van der Waals surface area contributed by atoms with Crippen molar-refractivity contribution < 1.29 is 23.2 Å². The molecule has 3 N–H and O–H groups in total. The van der Waals surface area contributed by atoms with E-state index in [9.17, 15) is 23.2 Å². The van der Waals surface area contributed by atoms with Gasteiger partial charge >= 0.3 is 0 Å². The number of sulfone groups is 1. The van der Waals surface area contributed by atoms with Crippen LogP contribution in [-0.4, -0.2) is 42.3 Å². The number of amides is 2. The second-order valence-electron chi connectivity index (χ2n) is 12.5. The van der Waals surface area contributed by atoms with Gasteiger partial charge in [-0.05, 0) is 101 Å². The van der Waals surface area contributed by atoms with Crippen LogP contribution in [0.1, 0.15) is 58.9 Å². The number of carbonyl (C=O) groups is 2. The lowest BCUT2D eigenvalue weighted by atomic mass is 9.78. The number of nitrogens with zero attached hydrogens (tertiary/aromatic N) is 1. The van der Waals surface area contributed by atoms with Gasteiger partial charge in [0, 0.05) is 34.5 Å². The summed E-state index contributed by atoms with van der Waals surface area (Å²) in [6.45, 7) is 2.08. The smallest absolute Gasteiger partial charge is 0.246 e. The quantitative estimate of drug-likeness (QED) is 0.146. The monoisotopic (exact) mass is 692 g/mol. The Morgan fingerprint density at radius 3 is 2.39 bits per heavy atom. The molecule has 3 aromatic carbocycles. The van der Waals surface area contributed by atoms with Crippen LogP contribution >= 0.6 is 11.3 Å². The van der Waals surface area contributed by atoms with Gasteiger partial charge in [0.1, 0.15) is 0 Å². The molecule has 1 aromatic heterocycles. The second kappa shape index (κ2) is 14.9. The summed E-state index contributed by atoms with van der Waals surface area (Å²) in [6.07, 6.45) is 12.2. The number of carbonyl (C=O) groups excluding carboxylic acids is 2. The van der Waals surface area contributed by atoms with Gasteiger partial charge in [-0.3, -0.25) is 14.8 Å². The van der Waals surface area contributed by atoms with Gasteiger partial charge in [0.25, 0.3) is 0 Å². The molecule has 0 saturated carbocycles. The van der Waals surface area contributed by atoms with Crippen LogP contribution in [0.2, 0.25) is 0 Å². The summed E-state index contributed by atoms with van der Waals surface area (Å²) in [5.41, 5.74) is 17.4. The average Bonchev–Trinajstić information content (AvgIpc) is 3.61. The standard InChI is InChI=1S/C33H31NO2S.C7H9NO3S/c1-2-34(36)33(35)20-9-22-7-10-24(11-8-22)31-18-19-32(37-31)26-14-15-28-25(21-26)13-17-29-27-6-4-3-5-23(27)12-16-30(28)29;8-7(9)5-6-3-1-2-4-12(6,10)11/h3-8,10-11,13,17-19,21,36H,2,9,12,14-16,20H2,1H3;1-4,6H,5H2,(H2,8,9). The van der Waals surface area contributed by atoms with Gasteiger partial charge in [0.05, 0.1) is 5.25 Å². The van der Waals surface area contributed by atoms with Crippen molar-refractivity contribution in [3.05, 3.63) is 129 Å². The summed E-state index contributed by atoms with van der Waals surface area (Å²) < 4.78 is 22.3. The summed E-state index contributed by atoms with van der Waals surface area (Å²) >= 11 is 1.86.